The van der Waals surface area contributed by atoms with Gasteiger partial charge in [0.2, 0.25) is 0 Å². The molecule has 0 bridgehead atoms. The van der Waals surface area contributed by atoms with Crippen LogP contribution in [0.15, 0.2) is 0 Å². The van der Waals surface area contributed by atoms with Crippen LogP contribution in [0.25, 0.3) is 0 Å². The zero-order chi connectivity index (χ0) is 18.1. The van der Waals surface area contributed by atoms with Crippen molar-refractivity contribution < 1.29 is 9.59 Å². The molecule has 26 heavy (non-hydrogen) atoms. The molecule has 5 heteroatoms. The predicted molar refractivity (Wildman–Crippen MR) is 101 cm³/mol. The lowest BCUT2D eigenvalue weighted by Crippen LogP contribution is -2.38. The number of H-pyrrole nitrogens is 1. The maximum absolute atomic E-state index is 13.3. The van der Waals surface area contributed by atoms with Gasteiger partial charge in [0.1, 0.15) is 5.69 Å². The lowest BCUT2D eigenvalue weighted by Gasteiger charge is -2.32. The summed E-state index contributed by atoms with van der Waals surface area (Å²) in [5, 5.41) is 0. The number of aromatic nitrogens is 2. The zero-order valence-corrected chi connectivity index (χ0v) is 15.6. The molecule has 5 nitrogen and oxygen atoms in total. The molecule has 0 aromatic carbocycles. The second-order valence-electron chi connectivity index (χ2n) is 8.74. The lowest BCUT2D eigenvalue weighted by molar-refractivity contribution is -0.124. The SMILES string of the molecule is Nc1nc2c([nH]1)C(CC1CCCCC1)C(=O)C(CC1CCCCC1)C2=O. The molecule has 3 N–H and O–H groups in total. The minimum atomic E-state index is -0.498. The van der Waals surface area contributed by atoms with Gasteiger partial charge in [-0.3, -0.25) is 9.59 Å². The number of hydrogen-bond acceptors (Lipinski definition) is 4. The molecule has 2 unspecified atom stereocenters. The van der Waals surface area contributed by atoms with E-state index in [-0.39, 0.29) is 23.4 Å². The molecule has 0 radical (unpaired) electrons. The number of hydrogen-bond donors (Lipinski definition) is 2. The number of ketones is 2. The molecule has 2 atom stereocenters. The molecular weight excluding hydrogens is 326 g/mol. The average molecular weight is 357 g/mol. The molecule has 1 aromatic rings. The summed E-state index contributed by atoms with van der Waals surface area (Å²) in [5.41, 5.74) is 7.01. The Morgan fingerprint density at radius 2 is 1.38 bits per heavy atom. The number of nitrogens with zero attached hydrogens (tertiary/aromatic N) is 1. The van der Waals surface area contributed by atoms with Gasteiger partial charge in [-0.1, -0.05) is 64.2 Å². The predicted octanol–water partition coefficient (Wildman–Crippen LogP) is 4.40. The van der Waals surface area contributed by atoms with E-state index in [1.807, 2.05) is 0 Å². The minimum absolute atomic E-state index is 0.0941. The number of rotatable bonds is 4. The number of imidazole rings is 1. The van der Waals surface area contributed by atoms with E-state index in [9.17, 15) is 9.59 Å². The maximum atomic E-state index is 13.3. The minimum Gasteiger partial charge on any atom is -0.369 e. The summed E-state index contributed by atoms with van der Waals surface area (Å²) < 4.78 is 0. The van der Waals surface area contributed by atoms with Crippen molar-refractivity contribution in [1.29, 1.82) is 0 Å². The number of carbonyl (C=O) groups excluding carboxylic acids is 2. The Bertz CT molecular complexity index is 669. The molecule has 0 amide bonds. The summed E-state index contributed by atoms with van der Waals surface area (Å²) >= 11 is 0. The van der Waals surface area contributed by atoms with Crippen LogP contribution in [0.1, 0.15) is 99.2 Å². The van der Waals surface area contributed by atoms with E-state index in [1.165, 1.54) is 51.4 Å². The summed E-state index contributed by atoms with van der Waals surface area (Å²) in [7, 11) is 0. The van der Waals surface area contributed by atoms with Crippen molar-refractivity contribution in [3.05, 3.63) is 11.4 Å². The molecule has 0 aliphatic heterocycles. The van der Waals surface area contributed by atoms with Gasteiger partial charge >= 0.3 is 0 Å². The van der Waals surface area contributed by atoms with E-state index < -0.39 is 5.92 Å². The highest BCUT2D eigenvalue weighted by molar-refractivity contribution is 6.15. The van der Waals surface area contributed by atoms with Gasteiger partial charge < -0.3 is 10.7 Å². The summed E-state index contributed by atoms with van der Waals surface area (Å²) in [6.45, 7) is 0. The van der Waals surface area contributed by atoms with Crippen LogP contribution in [0.2, 0.25) is 0 Å². The van der Waals surface area contributed by atoms with Crippen molar-refractivity contribution in [2.45, 2.75) is 83.0 Å². The summed E-state index contributed by atoms with van der Waals surface area (Å²) in [6.07, 6.45) is 13.8. The number of nitrogens with two attached hydrogens (primary N) is 1. The topological polar surface area (TPSA) is 88.8 Å². The zero-order valence-electron chi connectivity index (χ0n) is 15.6. The van der Waals surface area contributed by atoms with Crippen LogP contribution in [0, 0.1) is 17.8 Å². The summed E-state index contributed by atoms with van der Waals surface area (Å²) in [5.74, 6) is 0.674. The molecule has 142 valence electrons. The summed E-state index contributed by atoms with van der Waals surface area (Å²) in [4.78, 5) is 33.7. The third-order valence-corrected chi connectivity index (χ3v) is 6.92. The van der Waals surface area contributed by atoms with Crippen LogP contribution in [-0.2, 0) is 4.79 Å². The highest BCUT2D eigenvalue weighted by Crippen LogP contribution is 2.41. The number of carbonyl (C=O) groups is 2. The molecular formula is C21H31N3O2. The monoisotopic (exact) mass is 357 g/mol. The first-order valence-electron chi connectivity index (χ1n) is 10.6. The van der Waals surface area contributed by atoms with Gasteiger partial charge in [0, 0.05) is 0 Å². The van der Waals surface area contributed by atoms with Gasteiger partial charge in [0.25, 0.3) is 0 Å². The summed E-state index contributed by atoms with van der Waals surface area (Å²) in [6, 6.07) is 0. The van der Waals surface area contributed by atoms with Crippen molar-refractivity contribution in [3.63, 3.8) is 0 Å². The molecule has 0 spiro atoms. The van der Waals surface area contributed by atoms with E-state index in [2.05, 4.69) is 9.97 Å². The van der Waals surface area contributed by atoms with E-state index in [0.717, 1.165) is 19.3 Å². The fraction of sp³-hybridized carbons (Fsp3) is 0.762. The third kappa shape index (κ3) is 3.45. The highest BCUT2D eigenvalue weighted by Gasteiger charge is 2.44. The fourth-order valence-electron chi connectivity index (χ4n) is 5.49. The van der Waals surface area contributed by atoms with Crippen molar-refractivity contribution in [1.82, 2.24) is 9.97 Å². The van der Waals surface area contributed by atoms with Gasteiger partial charge in [0.15, 0.2) is 17.5 Å². The van der Waals surface area contributed by atoms with Crippen molar-refractivity contribution in [2.24, 2.45) is 17.8 Å². The Morgan fingerprint density at radius 3 is 1.96 bits per heavy atom. The lowest BCUT2D eigenvalue weighted by atomic mass is 9.70. The normalized spacial score (nSPS) is 28.3. The number of aromatic amines is 1. The van der Waals surface area contributed by atoms with Gasteiger partial charge in [-0.15, -0.1) is 0 Å². The second-order valence-corrected chi connectivity index (χ2v) is 8.74. The number of anilines is 1. The molecule has 0 saturated heterocycles. The van der Waals surface area contributed by atoms with Crippen LogP contribution in [0.3, 0.4) is 0 Å². The second kappa shape index (κ2) is 7.53. The van der Waals surface area contributed by atoms with E-state index in [4.69, 9.17) is 5.73 Å². The Morgan fingerprint density at radius 1 is 0.846 bits per heavy atom. The van der Waals surface area contributed by atoms with E-state index >= 15 is 0 Å². The van der Waals surface area contributed by atoms with E-state index in [1.54, 1.807) is 0 Å². The quantitative estimate of drug-likeness (QED) is 0.782. The molecule has 2 saturated carbocycles. The number of nitrogen functional groups attached to an aromatic ring is 1. The Kier molecular flexibility index (Phi) is 5.14. The first-order valence-corrected chi connectivity index (χ1v) is 10.6. The number of fused-ring (bicyclic) bond motifs is 1. The van der Waals surface area contributed by atoms with Crippen molar-refractivity contribution in [2.75, 3.05) is 5.73 Å². The van der Waals surface area contributed by atoms with Crippen LogP contribution in [0.4, 0.5) is 5.95 Å². The first-order chi connectivity index (χ1) is 12.6. The van der Waals surface area contributed by atoms with Gasteiger partial charge in [0.05, 0.1) is 17.5 Å². The van der Waals surface area contributed by atoms with Crippen LogP contribution in [0.5, 0.6) is 0 Å². The molecule has 3 aliphatic carbocycles. The molecule has 1 aromatic heterocycles. The number of Topliss-reactive ketones (excluding diaryl/α,β-unsaturated/α-hetero) is 2. The van der Waals surface area contributed by atoms with Crippen LogP contribution in [-0.4, -0.2) is 21.5 Å². The molecule has 2 fully saturated rings. The Labute approximate surface area is 155 Å². The standard InChI is InChI=1S/C21H31N3O2/c22-21-23-17-15(11-13-7-3-1-4-8-13)19(25)16(20(26)18(17)24-21)12-14-9-5-2-6-10-14/h13-16H,1-12H2,(H3,22,23,24). The third-order valence-electron chi connectivity index (χ3n) is 6.92. The maximum Gasteiger partial charge on any atom is 0.198 e. The fourth-order valence-corrected chi connectivity index (χ4v) is 5.49. The molecule has 4 rings (SSSR count). The Balaban J connectivity index is 1.58. The number of nitrogens with one attached hydrogen (secondary N) is 1. The van der Waals surface area contributed by atoms with Crippen LogP contribution < -0.4 is 5.73 Å². The molecule has 1 heterocycles. The first kappa shape index (κ1) is 17.7. The van der Waals surface area contributed by atoms with Crippen molar-refractivity contribution in [3.8, 4) is 0 Å². The smallest absolute Gasteiger partial charge is 0.198 e. The van der Waals surface area contributed by atoms with Crippen molar-refractivity contribution >= 4 is 17.5 Å². The van der Waals surface area contributed by atoms with E-state index in [0.29, 0.717) is 29.6 Å². The van der Waals surface area contributed by atoms with Gasteiger partial charge in [-0.25, -0.2) is 4.98 Å². The Hall–Kier alpha value is -1.65. The van der Waals surface area contributed by atoms with Gasteiger partial charge in [-0.2, -0.15) is 0 Å². The van der Waals surface area contributed by atoms with Crippen LogP contribution >= 0.6 is 0 Å². The van der Waals surface area contributed by atoms with Gasteiger partial charge in [-0.05, 0) is 24.7 Å². The largest absolute Gasteiger partial charge is 0.369 e. The average Bonchev–Trinajstić information content (AvgIpc) is 3.06. The highest BCUT2D eigenvalue weighted by atomic mass is 16.2. The molecule has 3 aliphatic rings.